The Hall–Kier alpha value is -6.17. The van der Waals surface area contributed by atoms with Crippen LogP contribution in [0, 0.1) is 23.6 Å². The number of alkyl carbamates (subject to hydrolysis) is 2. The van der Waals surface area contributed by atoms with Gasteiger partial charge in [0.2, 0.25) is 11.8 Å². The number of aromatic nitrogens is 4. The summed E-state index contributed by atoms with van der Waals surface area (Å²) in [5, 5.41) is 5.21. The van der Waals surface area contributed by atoms with Gasteiger partial charge in [-0.3, -0.25) is 9.59 Å². The molecule has 0 saturated carbocycles. The molecule has 2 aliphatic rings. The van der Waals surface area contributed by atoms with Gasteiger partial charge in [-0.15, -0.1) is 0 Å². The first-order valence-electron chi connectivity index (χ1n) is 18.2. The van der Waals surface area contributed by atoms with E-state index in [1.54, 1.807) is 35.1 Å². The number of hydrogen-bond acceptors (Lipinski definition) is 8. The Morgan fingerprint density at radius 2 is 1.51 bits per heavy atom. The lowest BCUT2D eigenvalue weighted by atomic mass is 10.0. The average molecular weight is 753 g/mol. The van der Waals surface area contributed by atoms with Gasteiger partial charge in [-0.25, -0.2) is 23.9 Å². The molecule has 0 aliphatic carbocycles. The molecule has 2 fully saturated rings. The van der Waals surface area contributed by atoms with Gasteiger partial charge in [0.25, 0.3) is 0 Å². The number of aromatic amines is 2. The van der Waals surface area contributed by atoms with Gasteiger partial charge < -0.3 is 39.9 Å². The monoisotopic (exact) mass is 752 g/mol. The van der Waals surface area contributed by atoms with Gasteiger partial charge in [0, 0.05) is 29.8 Å². The fourth-order valence-corrected chi connectivity index (χ4v) is 7.11. The predicted molar refractivity (Wildman–Crippen MR) is 202 cm³/mol. The number of rotatable bonds is 9. The third-order valence-corrected chi connectivity index (χ3v) is 9.99. The molecule has 1 unspecified atom stereocenters. The first-order chi connectivity index (χ1) is 26.4. The van der Waals surface area contributed by atoms with Crippen molar-refractivity contribution >= 4 is 35.0 Å². The maximum Gasteiger partial charge on any atom is 0.407 e. The highest BCUT2D eigenvalue weighted by Gasteiger charge is 2.38. The molecule has 6 rings (SSSR count). The number of methoxy groups -OCH3 is 2. The molecule has 14 nitrogen and oxygen atoms in total. The number of carbonyl (C=O) groups excluding carboxylic acids is 4. The molecule has 2 saturated heterocycles. The standard InChI is InChI=1S/C40H45FN8O6/c1-22(2)33(46-39(52)54-5)37(50)48-17-7-9-31(48)35-42-21-30(45-35)26-15-13-24(19-27(26)41)11-12-25-14-16-28-29(20-25)44-36(43-28)32-10-8-18-49(32)38(51)34(23(3)4)47-40(53)55-6/h13-16,19-21,23,31-34H,1,7-10,17-18H2,2-6H3,(H,42,45)(H,43,44)(H,46,52)(H,47,53)/t31-,32-,33-,34?/m0/s1. The Kier molecular flexibility index (Phi) is 11.5. The molecule has 0 bridgehead atoms. The van der Waals surface area contributed by atoms with E-state index in [-0.39, 0.29) is 29.8 Å². The lowest BCUT2D eigenvalue weighted by Crippen LogP contribution is -2.51. The fourth-order valence-electron chi connectivity index (χ4n) is 7.11. The van der Waals surface area contributed by atoms with E-state index in [2.05, 4.69) is 48.7 Å². The molecule has 4 heterocycles. The van der Waals surface area contributed by atoms with Crippen LogP contribution in [0.25, 0.3) is 22.3 Å². The van der Waals surface area contributed by atoms with Crippen LogP contribution in [0.1, 0.15) is 81.3 Å². The Labute approximate surface area is 318 Å². The molecule has 55 heavy (non-hydrogen) atoms. The van der Waals surface area contributed by atoms with Crippen molar-refractivity contribution in [1.29, 1.82) is 0 Å². The smallest absolute Gasteiger partial charge is 0.407 e. The maximum absolute atomic E-state index is 15.5. The molecule has 4 atom stereocenters. The number of benzene rings is 2. The van der Waals surface area contributed by atoms with Crippen LogP contribution in [0.4, 0.5) is 14.0 Å². The average Bonchev–Trinajstić information content (AvgIpc) is 4.00. The highest BCUT2D eigenvalue weighted by molar-refractivity contribution is 5.89. The van der Waals surface area contributed by atoms with Crippen LogP contribution in [0.3, 0.4) is 0 Å². The molecule has 288 valence electrons. The van der Waals surface area contributed by atoms with Crippen molar-refractivity contribution in [3.05, 3.63) is 83.3 Å². The molecular formula is C40H45FN8O6. The van der Waals surface area contributed by atoms with Crippen molar-refractivity contribution < 1.29 is 33.0 Å². The number of carbonyl (C=O) groups is 4. The van der Waals surface area contributed by atoms with Gasteiger partial charge in [0.05, 0.1) is 49.2 Å². The third kappa shape index (κ3) is 8.33. The number of fused-ring (bicyclic) bond motifs is 1. The number of ether oxygens (including phenoxy) is 2. The first kappa shape index (κ1) is 38.6. The summed E-state index contributed by atoms with van der Waals surface area (Å²) < 4.78 is 24.9. The molecule has 0 radical (unpaired) electrons. The molecule has 2 aliphatic heterocycles. The third-order valence-electron chi connectivity index (χ3n) is 9.99. The summed E-state index contributed by atoms with van der Waals surface area (Å²) in [6.45, 7) is 10.3. The number of nitrogens with zero attached hydrogens (tertiary/aromatic N) is 4. The second-order valence-corrected chi connectivity index (χ2v) is 14.1. The molecule has 2 aromatic heterocycles. The zero-order valence-electron chi connectivity index (χ0n) is 31.5. The number of imidazole rings is 2. The van der Waals surface area contributed by atoms with E-state index in [4.69, 9.17) is 9.72 Å². The molecule has 0 spiro atoms. The Morgan fingerprint density at radius 1 is 0.891 bits per heavy atom. The van der Waals surface area contributed by atoms with E-state index in [9.17, 15) is 19.2 Å². The van der Waals surface area contributed by atoms with Crippen LogP contribution >= 0.6 is 0 Å². The van der Waals surface area contributed by atoms with E-state index >= 15 is 4.39 Å². The zero-order chi connectivity index (χ0) is 39.4. The SMILES string of the molecule is C=C(C)[C@H](NC(=O)OC)C(=O)N1CCC[C@H]1c1ncc(-c2ccc(C#Cc3ccc4nc([C@@H]5CCCN5C(=O)C(NC(=O)OC)C(C)C)[nH]c4c3)cc2F)[nH]1. The fraction of sp³-hybridized carbons (Fsp3) is 0.400. The minimum absolute atomic E-state index is 0.139. The summed E-state index contributed by atoms with van der Waals surface area (Å²) in [5.74, 6) is 6.19. The van der Waals surface area contributed by atoms with E-state index in [1.165, 1.54) is 20.3 Å². The van der Waals surface area contributed by atoms with Crippen molar-refractivity contribution in [2.75, 3.05) is 27.3 Å². The summed E-state index contributed by atoms with van der Waals surface area (Å²) in [5.41, 5.74) is 3.87. The lowest BCUT2D eigenvalue weighted by Gasteiger charge is -2.29. The Morgan fingerprint density at radius 3 is 2.15 bits per heavy atom. The van der Waals surface area contributed by atoms with Crippen LogP contribution in [-0.2, 0) is 19.1 Å². The molecule has 4 aromatic rings. The number of nitrogens with one attached hydrogen (secondary N) is 4. The first-order valence-corrected chi connectivity index (χ1v) is 18.2. The van der Waals surface area contributed by atoms with Crippen molar-refractivity contribution in [1.82, 2.24) is 40.4 Å². The van der Waals surface area contributed by atoms with Crippen molar-refractivity contribution in [2.45, 2.75) is 70.6 Å². The van der Waals surface area contributed by atoms with Crippen molar-refractivity contribution in [3.63, 3.8) is 0 Å². The number of likely N-dealkylation sites (tertiary alicyclic amines) is 2. The second kappa shape index (κ2) is 16.5. The van der Waals surface area contributed by atoms with Crippen LogP contribution < -0.4 is 10.6 Å². The second-order valence-electron chi connectivity index (χ2n) is 14.1. The number of H-pyrrole nitrogens is 2. The molecule has 2 aromatic carbocycles. The summed E-state index contributed by atoms with van der Waals surface area (Å²) in [6, 6.07) is 7.95. The van der Waals surface area contributed by atoms with Crippen LogP contribution in [0.5, 0.6) is 0 Å². The van der Waals surface area contributed by atoms with Crippen molar-refractivity contribution in [3.8, 4) is 23.1 Å². The Bertz CT molecular complexity index is 2180. The topological polar surface area (TPSA) is 175 Å². The number of hydrogen-bond donors (Lipinski definition) is 4. The lowest BCUT2D eigenvalue weighted by molar-refractivity contribution is -0.135. The molecular weight excluding hydrogens is 707 g/mol. The predicted octanol–water partition coefficient (Wildman–Crippen LogP) is 5.50. The van der Waals surface area contributed by atoms with Crippen LogP contribution in [-0.4, -0.2) is 93.1 Å². The summed E-state index contributed by atoms with van der Waals surface area (Å²) >= 11 is 0. The van der Waals surface area contributed by atoms with Gasteiger partial charge in [0.1, 0.15) is 29.5 Å². The number of halogens is 1. The minimum atomic E-state index is -0.950. The quantitative estimate of drug-likeness (QED) is 0.128. The molecule has 4 amide bonds. The largest absolute Gasteiger partial charge is 0.453 e. The number of amides is 4. The highest BCUT2D eigenvalue weighted by Crippen LogP contribution is 2.34. The maximum atomic E-state index is 15.5. The van der Waals surface area contributed by atoms with Crippen molar-refractivity contribution in [2.24, 2.45) is 5.92 Å². The van der Waals surface area contributed by atoms with E-state index in [1.807, 2.05) is 32.0 Å². The molecule has 4 N–H and O–H groups in total. The van der Waals surface area contributed by atoms with Gasteiger partial charge in [-0.1, -0.05) is 32.3 Å². The minimum Gasteiger partial charge on any atom is -0.453 e. The van der Waals surface area contributed by atoms with E-state index < -0.39 is 30.1 Å². The van der Waals surface area contributed by atoms with Gasteiger partial charge in [0.15, 0.2) is 0 Å². The van der Waals surface area contributed by atoms with Gasteiger partial charge in [-0.2, -0.15) is 0 Å². The zero-order valence-corrected chi connectivity index (χ0v) is 31.5. The Balaban J connectivity index is 1.15. The summed E-state index contributed by atoms with van der Waals surface area (Å²) in [6.07, 6.45) is 3.07. The van der Waals surface area contributed by atoms with Crippen LogP contribution in [0.15, 0.2) is 54.7 Å². The van der Waals surface area contributed by atoms with E-state index in [0.29, 0.717) is 59.1 Å². The van der Waals surface area contributed by atoms with Gasteiger partial charge >= 0.3 is 12.2 Å². The van der Waals surface area contributed by atoms with Gasteiger partial charge in [-0.05, 0) is 80.5 Å². The molecule has 15 heteroatoms. The van der Waals surface area contributed by atoms with E-state index in [0.717, 1.165) is 30.3 Å². The normalized spacial score (nSPS) is 17.7. The highest BCUT2D eigenvalue weighted by atomic mass is 19.1. The summed E-state index contributed by atoms with van der Waals surface area (Å²) in [7, 11) is 2.49. The summed E-state index contributed by atoms with van der Waals surface area (Å²) in [4.78, 5) is 70.0. The van der Waals surface area contributed by atoms with Crippen LogP contribution in [0.2, 0.25) is 0 Å².